The van der Waals surface area contributed by atoms with Crippen molar-refractivity contribution in [2.24, 2.45) is 11.8 Å². The summed E-state index contributed by atoms with van der Waals surface area (Å²) >= 11 is 0. The highest BCUT2D eigenvalue weighted by Gasteiger charge is 2.54. The number of fused-ring (bicyclic) bond motifs is 1. The molecule has 0 bridgehead atoms. The molecule has 6 rings (SSSR count). The quantitative estimate of drug-likeness (QED) is 0.206. The third-order valence-electron chi connectivity index (χ3n) is 8.94. The fraction of sp³-hybridized carbons (Fsp3) is 0.306. The molecule has 0 N–H and O–H groups in total. The maximum absolute atomic E-state index is 10.7. The molecule has 2 atom stereocenters. The first-order valence-electron chi connectivity index (χ1n) is 13.9. The second-order valence-corrected chi connectivity index (χ2v) is 11.3. The average molecular weight is 503 g/mol. The monoisotopic (exact) mass is 502 g/mol. The van der Waals surface area contributed by atoms with Crippen LogP contribution in [-0.2, 0) is 22.0 Å². The van der Waals surface area contributed by atoms with Crippen LogP contribution in [0.2, 0.25) is 0 Å². The zero-order chi connectivity index (χ0) is 26.6. The molecule has 1 heterocycles. The Kier molecular flexibility index (Phi) is 7.51. The summed E-state index contributed by atoms with van der Waals surface area (Å²) in [5, 5.41) is 0. The van der Waals surface area contributed by atoms with E-state index in [4.69, 9.17) is 4.74 Å². The number of rotatable bonds is 4. The van der Waals surface area contributed by atoms with E-state index in [1.165, 1.54) is 36.0 Å². The molecule has 4 aromatic carbocycles. The molecule has 0 spiro atoms. The molecular weight excluding hydrogens is 464 g/mol. The minimum Gasteiger partial charge on any atom is -0.426 e. The van der Waals surface area contributed by atoms with Crippen molar-refractivity contribution in [1.82, 2.24) is 0 Å². The second-order valence-electron chi connectivity index (χ2n) is 11.3. The summed E-state index contributed by atoms with van der Waals surface area (Å²) in [6.07, 6.45) is 4.13. The molecule has 38 heavy (non-hydrogen) atoms. The molecule has 2 heteroatoms. The summed E-state index contributed by atoms with van der Waals surface area (Å²) in [6.45, 7) is 7.31. The molecule has 2 nitrogen and oxygen atoms in total. The van der Waals surface area contributed by atoms with Crippen LogP contribution in [0.15, 0.2) is 115 Å². The lowest BCUT2D eigenvalue weighted by Gasteiger charge is -2.56. The van der Waals surface area contributed by atoms with Gasteiger partial charge in [-0.2, -0.15) is 0 Å². The standard InChI is InChI=1S/C28H32.C8H6O2/c1-22(2)23-19-20-27(3,24-13-7-4-8-14-24)28(21-23,25-15-9-5-10-16-25)26-17-11-6-12-18-26;9-8-5-6-3-1-2-4-7(6)10-8/h4-18,22-23H,19-21H2,1-3H3;1-4H,5H2. The zero-order valence-corrected chi connectivity index (χ0v) is 22.8. The number of esters is 1. The van der Waals surface area contributed by atoms with E-state index in [1.807, 2.05) is 18.2 Å². The smallest absolute Gasteiger partial charge is 0.315 e. The van der Waals surface area contributed by atoms with Gasteiger partial charge in [0.25, 0.3) is 0 Å². The Balaban J connectivity index is 0.000000244. The lowest BCUT2D eigenvalue weighted by atomic mass is 9.47. The van der Waals surface area contributed by atoms with E-state index >= 15 is 0 Å². The summed E-state index contributed by atoms with van der Waals surface area (Å²) in [5.74, 6) is 2.00. The highest BCUT2D eigenvalue weighted by atomic mass is 16.5. The molecule has 1 saturated carbocycles. The summed E-state index contributed by atoms with van der Waals surface area (Å²) in [7, 11) is 0. The molecule has 1 aliphatic heterocycles. The number of hydrogen-bond acceptors (Lipinski definition) is 2. The van der Waals surface area contributed by atoms with Crippen molar-refractivity contribution >= 4 is 5.97 Å². The van der Waals surface area contributed by atoms with Crippen molar-refractivity contribution in [3.05, 3.63) is 138 Å². The van der Waals surface area contributed by atoms with Gasteiger partial charge in [0, 0.05) is 16.4 Å². The highest BCUT2D eigenvalue weighted by Crippen LogP contribution is 2.59. The number of ether oxygens (including phenoxy) is 1. The van der Waals surface area contributed by atoms with Gasteiger partial charge in [0.05, 0.1) is 6.42 Å². The third kappa shape index (κ3) is 4.80. The van der Waals surface area contributed by atoms with Gasteiger partial charge < -0.3 is 4.74 Å². The van der Waals surface area contributed by atoms with Gasteiger partial charge in [-0.15, -0.1) is 0 Å². The number of para-hydroxylation sites is 1. The van der Waals surface area contributed by atoms with Crippen LogP contribution in [0.1, 0.15) is 62.3 Å². The van der Waals surface area contributed by atoms with Crippen LogP contribution in [0.5, 0.6) is 5.75 Å². The molecule has 0 radical (unpaired) electrons. The number of benzene rings is 4. The van der Waals surface area contributed by atoms with Crippen LogP contribution >= 0.6 is 0 Å². The van der Waals surface area contributed by atoms with Gasteiger partial charge in [0.1, 0.15) is 5.75 Å². The normalized spacial score (nSPS) is 21.7. The number of hydrogen-bond donors (Lipinski definition) is 0. The molecule has 4 aromatic rings. The molecule has 0 amide bonds. The van der Waals surface area contributed by atoms with Crippen molar-refractivity contribution in [1.29, 1.82) is 0 Å². The van der Waals surface area contributed by atoms with Crippen LogP contribution in [0, 0.1) is 11.8 Å². The molecule has 1 fully saturated rings. The third-order valence-corrected chi connectivity index (χ3v) is 8.94. The van der Waals surface area contributed by atoms with E-state index in [2.05, 4.69) is 112 Å². The predicted octanol–water partition coefficient (Wildman–Crippen LogP) is 8.53. The SMILES string of the molecule is CC(C)C1CCC(C)(c2ccccc2)C(c2ccccc2)(c2ccccc2)C1.O=C1Cc2ccccc2O1. The van der Waals surface area contributed by atoms with Gasteiger partial charge in [-0.25, -0.2) is 0 Å². The van der Waals surface area contributed by atoms with Crippen LogP contribution in [0.4, 0.5) is 0 Å². The molecule has 0 aromatic heterocycles. The summed E-state index contributed by atoms with van der Waals surface area (Å²) in [5.41, 5.74) is 5.40. The molecular formula is C36H38O2. The number of carbonyl (C=O) groups is 1. The topological polar surface area (TPSA) is 26.3 Å². The first-order chi connectivity index (χ1) is 18.4. The molecule has 0 saturated heterocycles. The van der Waals surface area contributed by atoms with Crippen LogP contribution in [-0.4, -0.2) is 5.97 Å². The lowest BCUT2D eigenvalue weighted by molar-refractivity contribution is -0.131. The summed E-state index contributed by atoms with van der Waals surface area (Å²) in [4.78, 5) is 10.7. The van der Waals surface area contributed by atoms with Crippen molar-refractivity contribution < 1.29 is 9.53 Å². The largest absolute Gasteiger partial charge is 0.426 e. The Morgan fingerprint density at radius 1 is 0.711 bits per heavy atom. The summed E-state index contributed by atoms with van der Waals surface area (Å²) in [6, 6.07) is 41.3. The van der Waals surface area contributed by atoms with E-state index in [0.29, 0.717) is 18.1 Å². The van der Waals surface area contributed by atoms with Crippen LogP contribution in [0.25, 0.3) is 0 Å². The first kappa shape index (κ1) is 26.0. The van der Waals surface area contributed by atoms with Gasteiger partial charge in [-0.05, 0) is 53.9 Å². The van der Waals surface area contributed by atoms with Gasteiger partial charge in [0.2, 0.25) is 0 Å². The van der Waals surface area contributed by atoms with E-state index in [0.717, 1.165) is 11.5 Å². The molecule has 2 unspecified atom stereocenters. The van der Waals surface area contributed by atoms with Crippen LogP contribution in [0.3, 0.4) is 0 Å². The second kappa shape index (κ2) is 11.0. The lowest BCUT2D eigenvalue weighted by Crippen LogP contribution is -2.53. The fourth-order valence-corrected chi connectivity index (χ4v) is 6.72. The maximum atomic E-state index is 10.7. The summed E-state index contributed by atoms with van der Waals surface area (Å²) < 4.78 is 4.87. The molecule has 1 aliphatic carbocycles. The Bertz CT molecular complexity index is 1280. The molecule has 194 valence electrons. The predicted molar refractivity (Wildman–Crippen MR) is 155 cm³/mol. The Hall–Kier alpha value is -3.65. The van der Waals surface area contributed by atoms with E-state index in [1.54, 1.807) is 6.07 Å². The van der Waals surface area contributed by atoms with Crippen molar-refractivity contribution in [2.45, 2.75) is 57.3 Å². The minimum atomic E-state index is -0.152. The van der Waals surface area contributed by atoms with Gasteiger partial charge in [-0.1, -0.05) is 130 Å². The Morgan fingerprint density at radius 3 is 1.74 bits per heavy atom. The molecule has 2 aliphatic rings. The van der Waals surface area contributed by atoms with Crippen molar-refractivity contribution in [3.8, 4) is 5.75 Å². The van der Waals surface area contributed by atoms with Gasteiger partial charge in [-0.3, -0.25) is 4.79 Å². The Labute approximate surface area is 227 Å². The first-order valence-corrected chi connectivity index (χ1v) is 13.9. The number of carbonyl (C=O) groups excluding carboxylic acids is 1. The minimum absolute atomic E-state index is 0.0237. The zero-order valence-electron chi connectivity index (χ0n) is 22.8. The Morgan fingerprint density at radius 2 is 1.21 bits per heavy atom. The van der Waals surface area contributed by atoms with E-state index in [9.17, 15) is 4.79 Å². The van der Waals surface area contributed by atoms with Gasteiger partial charge >= 0.3 is 5.97 Å². The maximum Gasteiger partial charge on any atom is 0.315 e. The fourth-order valence-electron chi connectivity index (χ4n) is 6.72. The van der Waals surface area contributed by atoms with Crippen molar-refractivity contribution in [2.75, 3.05) is 0 Å². The van der Waals surface area contributed by atoms with Crippen LogP contribution < -0.4 is 4.74 Å². The van der Waals surface area contributed by atoms with E-state index < -0.39 is 0 Å². The van der Waals surface area contributed by atoms with E-state index in [-0.39, 0.29) is 16.8 Å². The average Bonchev–Trinajstić information content (AvgIpc) is 3.35. The highest BCUT2D eigenvalue weighted by molar-refractivity contribution is 5.80. The van der Waals surface area contributed by atoms with Gasteiger partial charge in [0.15, 0.2) is 0 Å². The van der Waals surface area contributed by atoms with Crippen molar-refractivity contribution in [3.63, 3.8) is 0 Å².